The summed E-state index contributed by atoms with van der Waals surface area (Å²) in [6.07, 6.45) is 1.28. The lowest BCUT2D eigenvalue weighted by Gasteiger charge is -2.39. The lowest BCUT2D eigenvalue weighted by Crippen LogP contribution is -2.53. The van der Waals surface area contributed by atoms with Crippen molar-refractivity contribution in [2.24, 2.45) is 0 Å². The van der Waals surface area contributed by atoms with Gasteiger partial charge in [-0.05, 0) is 43.2 Å². The van der Waals surface area contributed by atoms with E-state index in [0.29, 0.717) is 41.5 Å². The third kappa shape index (κ3) is 4.29. The van der Waals surface area contributed by atoms with Crippen LogP contribution >= 0.6 is 11.6 Å². The summed E-state index contributed by atoms with van der Waals surface area (Å²) in [5.41, 5.74) is -0.604. The molecule has 0 aliphatic carbocycles. The van der Waals surface area contributed by atoms with Gasteiger partial charge in [0.15, 0.2) is 0 Å². The quantitative estimate of drug-likeness (QED) is 0.870. The molecule has 6 heteroatoms. The highest BCUT2D eigenvalue weighted by Gasteiger charge is 2.36. The molecule has 1 aliphatic heterocycles. The molecule has 138 valence electrons. The van der Waals surface area contributed by atoms with Crippen molar-refractivity contribution in [3.8, 4) is 11.5 Å². The fourth-order valence-electron chi connectivity index (χ4n) is 3.17. The predicted molar refractivity (Wildman–Crippen MR) is 100 cm³/mol. The number of ether oxygens (including phenoxy) is 2. The van der Waals surface area contributed by atoms with Crippen molar-refractivity contribution >= 4 is 17.5 Å². The van der Waals surface area contributed by atoms with Crippen LogP contribution in [0, 0.1) is 0 Å². The lowest BCUT2D eigenvalue weighted by molar-refractivity contribution is -0.0532. The Hall–Kier alpha value is -2.24. The first-order valence-electron chi connectivity index (χ1n) is 8.54. The number of hydrogen-bond acceptors (Lipinski definition) is 4. The van der Waals surface area contributed by atoms with Gasteiger partial charge in [-0.15, -0.1) is 0 Å². The van der Waals surface area contributed by atoms with Gasteiger partial charge in [0.1, 0.15) is 23.7 Å². The van der Waals surface area contributed by atoms with E-state index in [1.54, 1.807) is 47.4 Å². The van der Waals surface area contributed by atoms with Gasteiger partial charge in [0, 0.05) is 11.6 Å². The zero-order valence-electron chi connectivity index (χ0n) is 14.7. The molecule has 0 aromatic heterocycles. The largest absolute Gasteiger partial charge is 0.496 e. The number of amides is 1. The first-order valence-corrected chi connectivity index (χ1v) is 8.92. The number of halogens is 1. The Balaban J connectivity index is 1.68. The summed E-state index contributed by atoms with van der Waals surface area (Å²) in [6, 6.07) is 14.1. The number of carbonyl (C=O) groups excluding carboxylic acids is 1. The Morgan fingerprint density at radius 3 is 2.85 bits per heavy atom. The summed E-state index contributed by atoms with van der Waals surface area (Å²) in [5, 5.41) is 11.5. The van der Waals surface area contributed by atoms with Crippen molar-refractivity contribution in [3.63, 3.8) is 0 Å². The van der Waals surface area contributed by atoms with Crippen LogP contribution in [0.5, 0.6) is 11.5 Å². The van der Waals surface area contributed by atoms with Crippen LogP contribution in [0.4, 0.5) is 0 Å². The summed E-state index contributed by atoms with van der Waals surface area (Å²) in [5.74, 6) is 0.976. The van der Waals surface area contributed by atoms with E-state index in [9.17, 15) is 9.90 Å². The number of nitrogens with zero attached hydrogens (tertiary/aromatic N) is 1. The molecule has 1 fully saturated rings. The molecular weight excluding hydrogens is 354 g/mol. The van der Waals surface area contributed by atoms with E-state index in [-0.39, 0.29) is 19.1 Å². The predicted octanol–water partition coefficient (Wildman–Crippen LogP) is 3.39. The van der Waals surface area contributed by atoms with Crippen LogP contribution in [0.2, 0.25) is 5.02 Å². The topological polar surface area (TPSA) is 59.0 Å². The van der Waals surface area contributed by atoms with Gasteiger partial charge < -0.3 is 19.5 Å². The van der Waals surface area contributed by atoms with Gasteiger partial charge >= 0.3 is 0 Å². The second kappa shape index (κ2) is 7.98. The standard InChI is InChI=1S/C20H22ClNO4/c1-25-18-9-3-2-8-17(18)19(23)22-11-5-10-20(24,13-22)14-26-16-7-4-6-15(21)12-16/h2-4,6-9,12,24H,5,10-11,13-14H2,1H3. The van der Waals surface area contributed by atoms with E-state index in [4.69, 9.17) is 21.1 Å². The number of methoxy groups -OCH3 is 1. The van der Waals surface area contributed by atoms with Crippen molar-refractivity contribution in [3.05, 3.63) is 59.1 Å². The number of piperidine rings is 1. The van der Waals surface area contributed by atoms with E-state index >= 15 is 0 Å². The van der Waals surface area contributed by atoms with Crippen molar-refractivity contribution in [1.29, 1.82) is 0 Å². The monoisotopic (exact) mass is 375 g/mol. The highest BCUT2D eigenvalue weighted by molar-refractivity contribution is 6.30. The maximum atomic E-state index is 12.9. The molecule has 1 atom stereocenters. The summed E-state index contributed by atoms with van der Waals surface area (Å²) in [6.45, 7) is 0.907. The molecule has 0 saturated carbocycles. The Kier molecular flexibility index (Phi) is 5.69. The van der Waals surface area contributed by atoms with Crippen LogP contribution in [0.1, 0.15) is 23.2 Å². The Bertz CT molecular complexity index is 782. The Labute approximate surface area is 158 Å². The average molecular weight is 376 g/mol. The highest BCUT2D eigenvalue weighted by Crippen LogP contribution is 2.27. The van der Waals surface area contributed by atoms with Crippen LogP contribution < -0.4 is 9.47 Å². The minimum Gasteiger partial charge on any atom is -0.496 e. The number of hydrogen-bond donors (Lipinski definition) is 1. The fourth-order valence-corrected chi connectivity index (χ4v) is 3.35. The summed E-state index contributed by atoms with van der Waals surface area (Å²) < 4.78 is 11.0. The van der Waals surface area contributed by atoms with Crippen LogP contribution in [0.25, 0.3) is 0 Å². The first-order chi connectivity index (χ1) is 12.5. The zero-order chi connectivity index (χ0) is 18.6. The van der Waals surface area contributed by atoms with E-state index < -0.39 is 5.60 Å². The number of para-hydroxylation sites is 1. The smallest absolute Gasteiger partial charge is 0.257 e. The van der Waals surface area contributed by atoms with Gasteiger partial charge in [-0.1, -0.05) is 29.8 Å². The van der Waals surface area contributed by atoms with Crippen LogP contribution in [-0.4, -0.2) is 48.3 Å². The fraction of sp³-hybridized carbons (Fsp3) is 0.350. The van der Waals surface area contributed by atoms with Crippen LogP contribution in [0.15, 0.2) is 48.5 Å². The van der Waals surface area contributed by atoms with Gasteiger partial charge in [-0.25, -0.2) is 0 Å². The molecule has 5 nitrogen and oxygen atoms in total. The molecule has 1 unspecified atom stereocenters. The van der Waals surface area contributed by atoms with E-state index in [1.165, 1.54) is 7.11 Å². The second-order valence-corrected chi connectivity index (χ2v) is 6.94. The van der Waals surface area contributed by atoms with E-state index in [1.807, 2.05) is 6.07 Å². The molecule has 1 aliphatic rings. The molecule has 1 N–H and O–H groups in total. The normalized spacial score (nSPS) is 19.9. The van der Waals surface area contributed by atoms with Crippen LogP contribution in [-0.2, 0) is 0 Å². The van der Waals surface area contributed by atoms with Gasteiger partial charge in [-0.3, -0.25) is 4.79 Å². The number of likely N-dealkylation sites (tertiary alicyclic amines) is 1. The molecule has 0 spiro atoms. The Morgan fingerprint density at radius 2 is 2.08 bits per heavy atom. The molecular formula is C20H22ClNO4. The SMILES string of the molecule is COc1ccccc1C(=O)N1CCCC(O)(COc2cccc(Cl)c2)C1. The van der Waals surface area contributed by atoms with Gasteiger partial charge in [0.2, 0.25) is 0 Å². The van der Waals surface area contributed by atoms with Crippen molar-refractivity contribution in [2.75, 3.05) is 26.8 Å². The second-order valence-electron chi connectivity index (χ2n) is 6.50. The molecule has 3 rings (SSSR count). The summed E-state index contributed by atoms with van der Waals surface area (Å²) in [4.78, 5) is 14.5. The molecule has 26 heavy (non-hydrogen) atoms. The van der Waals surface area contributed by atoms with Crippen LogP contribution in [0.3, 0.4) is 0 Å². The minimum absolute atomic E-state index is 0.100. The zero-order valence-corrected chi connectivity index (χ0v) is 15.4. The maximum Gasteiger partial charge on any atom is 0.257 e. The van der Waals surface area contributed by atoms with Crippen molar-refractivity contribution in [1.82, 2.24) is 4.90 Å². The number of carbonyl (C=O) groups is 1. The first kappa shape index (κ1) is 18.5. The molecule has 1 heterocycles. The molecule has 2 aromatic carbocycles. The molecule has 0 bridgehead atoms. The van der Waals surface area contributed by atoms with Gasteiger partial charge in [0.25, 0.3) is 5.91 Å². The van der Waals surface area contributed by atoms with Gasteiger partial charge in [-0.2, -0.15) is 0 Å². The average Bonchev–Trinajstić information content (AvgIpc) is 2.66. The molecule has 1 saturated heterocycles. The third-order valence-electron chi connectivity index (χ3n) is 4.48. The maximum absolute atomic E-state index is 12.9. The van der Waals surface area contributed by atoms with E-state index in [0.717, 1.165) is 0 Å². The van der Waals surface area contributed by atoms with Gasteiger partial charge in [0.05, 0.1) is 19.2 Å². The lowest BCUT2D eigenvalue weighted by atomic mass is 9.93. The number of rotatable bonds is 5. The van der Waals surface area contributed by atoms with Crippen molar-refractivity contribution in [2.45, 2.75) is 18.4 Å². The summed E-state index contributed by atoms with van der Waals surface area (Å²) in [7, 11) is 1.54. The number of aliphatic hydroxyl groups is 1. The molecule has 0 radical (unpaired) electrons. The highest BCUT2D eigenvalue weighted by atomic mass is 35.5. The molecule has 1 amide bonds. The minimum atomic E-state index is -1.10. The number of β-amino-alcohol motifs (C(OH)–C–C–N with tert-alkyl or cyclic N) is 1. The third-order valence-corrected chi connectivity index (χ3v) is 4.72. The number of benzene rings is 2. The summed E-state index contributed by atoms with van der Waals surface area (Å²) >= 11 is 5.95. The van der Waals surface area contributed by atoms with E-state index in [2.05, 4.69) is 0 Å². The molecule has 2 aromatic rings. The van der Waals surface area contributed by atoms with Crippen molar-refractivity contribution < 1.29 is 19.4 Å². The Morgan fingerprint density at radius 1 is 1.27 bits per heavy atom.